The minimum atomic E-state index is -0.166. The van der Waals surface area contributed by atoms with Crippen molar-refractivity contribution in [3.63, 3.8) is 0 Å². The largest absolute Gasteiger partial charge is 0.330 e. The van der Waals surface area contributed by atoms with Gasteiger partial charge in [0.25, 0.3) is 5.91 Å². The molecule has 21 heavy (non-hydrogen) atoms. The van der Waals surface area contributed by atoms with E-state index in [1.54, 1.807) is 0 Å². The summed E-state index contributed by atoms with van der Waals surface area (Å²) in [7, 11) is 0. The first-order valence-corrected chi connectivity index (χ1v) is 7.65. The lowest BCUT2D eigenvalue weighted by atomic mass is 9.87. The molecule has 0 atom stereocenters. The van der Waals surface area contributed by atoms with Gasteiger partial charge in [-0.05, 0) is 13.8 Å². The Labute approximate surface area is 128 Å². The molecule has 1 aliphatic heterocycles. The Hall–Kier alpha value is -1.45. The van der Waals surface area contributed by atoms with Gasteiger partial charge < -0.3 is 4.90 Å². The van der Waals surface area contributed by atoms with Gasteiger partial charge in [0.2, 0.25) is 0 Å². The van der Waals surface area contributed by atoms with E-state index in [2.05, 4.69) is 46.5 Å². The van der Waals surface area contributed by atoms with Gasteiger partial charge in [0.15, 0.2) is 0 Å². The van der Waals surface area contributed by atoms with Crippen LogP contribution in [0.5, 0.6) is 0 Å². The predicted octanol–water partition coefficient (Wildman–Crippen LogP) is 3.44. The van der Waals surface area contributed by atoms with Crippen molar-refractivity contribution >= 4 is 5.91 Å². The van der Waals surface area contributed by atoms with Gasteiger partial charge in [-0.2, -0.15) is 0 Å². The van der Waals surface area contributed by atoms with Gasteiger partial charge in [0, 0.05) is 22.4 Å². The molecule has 0 aromatic carbocycles. The van der Waals surface area contributed by atoms with Crippen LogP contribution in [-0.2, 0) is 17.4 Å². The van der Waals surface area contributed by atoms with Crippen molar-refractivity contribution < 1.29 is 4.79 Å². The van der Waals surface area contributed by atoms with Gasteiger partial charge in [-0.25, -0.2) is 9.97 Å². The van der Waals surface area contributed by atoms with Gasteiger partial charge in [0.05, 0.1) is 12.2 Å². The molecule has 0 radical (unpaired) electrons. The quantitative estimate of drug-likeness (QED) is 0.795. The number of amides is 1. The Kier molecular flexibility index (Phi) is 3.63. The minimum Gasteiger partial charge on any atom is -0.330 e. The maximum atomic E-state index is 12.6. The molecule has 116 valence electrons. The summed E-state index contributed by atoms with van der Waals surface area (Å²) < 4.78 is 0. The van der Waals surface area contributed by atoms with Gasteiger partial charge in [-0.3, -0.25) is 4.79 Å². The molecule has 0 spiro atoms. The third-order valence-corrected chi connectivity index (χ3v) is 3.80. The average Bonchev–Trinajstić information content (AvgIpc) is 2.63. The highest BCUT2D eigenvalue weighted by Crippen LogP contribution is 2.34. The Morgan fingerprint density at radius 2 is 1.57 bits per heavy atom. The summed E-state index contributed by atoms with van der Waals surface area (Å²) in [6.45, 7) is 17.4. The second kappa shape index (κ2) is 4.79. The smallest absolute Gasteiger partial charge is 0.273 e. The van der Waals surface area contributed by atoms with Gasteiger partial charge in [-0.15, -0.1) is 0 Å². The average molecular weight is 289 g/mol. The highest BCUT2D eigenvalue weighted by atomic mass is 16.2. The summed E-state index contributed by atoms with van der Waals surface area (Å²) in [6.07, 6.45) is 0. The van der Waals surface area contributed by atoms with Gasteiger partial charge >= 0.3 is 0 Å². The van der Waals surface area contributed by atoms with Crippen molar-refractivity contribution in [2.24, 2.45) is 0 Å². The van der Waals surface area contributed by atoms with Crippen molar-refractivity contribution in [2.45, 2.75) is 78.8 Å². The Morgan fingerprint density at radius 3 is 2.00 bits per heavy atom. The molecule has 0 saturated carbocycles. The maximum absolute atomic E-state index is 12.6. The summed E-state index contributed by atoms with van der Waals surface area (Å²) in [5.74, 6) is 0.795. The van der Waals surface area contributed by atoms with Crippen molar-refractivity contribution in [1.29, 1.82) is 0 Å². The molecule has 0 saturated heterocycles. The zero-order chi connectivity index (χ0) is 16.2. The number of nitrogens with zero attached hydrogens (tertiary/aromatic N) is 3. The van der Waals surface area contributed by atoms with Crippen molar-refractivity contribution in [3.8, 4) is 0 Å². The molecule has 1 amide bonds. The third-order valence-electron chi connectivity index (χ3n) is 3.80. The standard InChI is InChI=1S/C17H27N3O/c1-10(2)20-9-11-12(14(20)21)18-15(17(6,7)8)19-13(11)16(3,4)5/h10H,9H2,1-8H3. The second-order valence-corrected chi connectivity index (χ2v) is 8.25. The molecule has 2 rings (SSSR count). The monoisotopic (exact) mass is 289 g/mol. The molecule has 0 unspecified atom stereocenters. The summed E-state index contributed by atoms with van der Waals surface area (Å²) in [4.78, 5) is 23.9. The van der Waals surface area contributed by atoms with Gasteiger partial charge in [-0.1, -0.05) is 41.5 Å². The third kappa shape index (κ3) is 2.81. The van der Waals surface area contributed by atoms with Crippen molar-refractivity contribution in [3.05, 3.63) is 22.8 Å². The molecular weight excluding hydrogens is 262 g/mol. The maximum Gasteiger partial charge on any atom is 0.273 e. The zero-order valence-electron chi connectivity index (χ0n) is 14.5. The lowest BCUT2D eigenvalue weighted by Crippen LogP contribution is -2.31. The number of rotatable bonds is 1. The van der Waals surface area contributed by atoms with E-state index in [0.717, 1.165) is 17.1 Å². The Balaban J connectivity index is 2.68. The van der Waals surface area contributed by atoms with E-state index in [0.29, 0.717) is 12.2 Å². The molecule has 4 heteroatoms. The van der Waals surface area contributed by atoms with E-state index in [9.17, 15) is 4.79 Å². The highest BCUT2D eigenvalue weighted by molar-refractivity contribution is 5.97. The molecule has 4 nitrogen and oxygen atoms in total. The van der Waals surface area contributed by atoms with E-state index in [-0.39, 0.29) is 22.8 Å². The molecule has 0 N–H and O–H groups in total. The fourth-order valence-corrected chi connectivity index (χ4v) is 2.56. The number of hydrogen-bond donors (Lipinski definition) is 0. The summed E-state index contributed by atoms with van der Waals surface area (Å²) in [6, 6.07) is 0.178. The fourth-order valence-electron chi connectivity index (χ4n) is 2.56. The first kappa shape index (κ1) is 15.9. The normalized spacial score (nSPS) is 15.9. The molecule has 1 aliphatic rings. The van der Waals surface area contributed by atoms with Crippen LogP contribution in [0.3, 0.4) is 0 Å². The SMILES string of the molecule is CC(C)N1Cc2c(nc(C(C)(C)C)nc2C(C)(C)C)C1=O. The van der Waals surface area contributed by atoms with Crippen LogP contribution in [0.4, 0.5) is 0 Å². The molecule has 1 aromatic rings. The zero-order valence-corrected chi connectivity index (χ0v) is 14.5. The number of fused-ring (bicyclic) bond motifs is 1. The van der Waals surface area contributed by atoms with E-state index in [1.165, 1.54) is 0 Å². The Bertz CT molecular complexity index is 577. The van der Waals surface area contributed by atoms with Crippen LogP contribution in [0.1, 0.15) is 83.0 Å². The molecule has 0 fully saturated rings. The number of hydrogen-bond acceptors (Lipinski definition) is 3. The van der Waals surface area contributed by atoms with Crippen LogP contribution in [-0.4, -0.2) is 26.8 Å². The molecule has 1 aromatic heterocycles. The van der Waals surface area contributed by atoms with Crippen LogP contribution in [0.2, 0.25) is 0 Å². The molecule has 0 aliphatic carbocycles. The van der Waals surface area contributed by atoms with E-state index < -0.39 is 0 Å². The first-order chi connectivity index (χ1) is 9.43. The van der Waals surface area contributed by atoms with Crippen LogP contribution >= 0.6 is 0 Å². The number of aromatic nitrogens is 2. The van der Waals surface area contributed by atoms with E-state index in [1.807, 2.05) is 18.7 Å². The minimum absolute atomic E-state index is 0.0402. The molecular formula is C17H27N3O. The fraction of sp³-hybridized carbons (Fsp3) is 0.706. The lowest BCUT2D eigenvalue weighted by Gasteiger charge is -2.25. The summed E-state index contributed by atoms with van der Waals surface area (Å²) in [5.41, 5.74) is 2.36. The van der Waals surface area contributed by atoms with Crippen LogP contribution in [0.25, 0.3) is 0 Å². The Morgan fingerprint density at radius 1 is 1.00 bits per heavy atom. The van der Waals surface area contributed by atoms with E-state index >= 15 is 0 Å². The first-order valence-electron chi connectivity index (χ1n) is 7.65. The second-order valence-electron chi connectivity index (χ2n) is 8.25. The predicted molar refractivity (Wildman–Crippen MR) is 84.4 cm³/mol. The number of carbonyl (C=O) groups is 1. The van der Waals surface area contributed by atoms with Crippen molar-refractivity contribution in [1.82, 2.24) is 14.9 Å². The van der Waals surface area contributed by atoms with Gasteiger partial charge in [0.1, 0.15) is 11.5 Å². The molecule has 0 bridgehead atoms. The highest BCUT2D eigenvalue weighted by Gasteiger charge is 2.37. The lowest BCUT2D eigenvalue weighted by molar-refractivity contribution is 0.0726. The van der Waals surface area contributed by atoms with E-state index in [4.69, 9.17) is 4.98 Å². The summed E-state index contributed by atoms with van der Waals surface area (Å²) >= 11 is 0. The van der Waals surface area contributed by atoms with Crippen LogP contribution < -0.4 is 0 Å². The van der Waals surface area contributed by atoms with Crippen LogP contribution in [0.15, 0.2) is 0 Å². The summed E-state index contributed by atoms with van der Waals surface area (Å²) in [5, 5.41) is 0. The van der Waals surface area contributed by atoms with Crippen molar-refractivity contribution in [2.75, 3.05) is 0 Å². The number of carbonyl (C=O) groups excluding carboxylic acids is 1. The molecule has 2 heterocycles. The topological polar surface area (TPSA) is 46.1 Å². The van der Waals surface area contributed by atoms with Crippen LogP contribution in [0, 0.1) is 0 Å².